The van der Waals surface area contributed by atoms with Crippen LogP contribution in [0.1, 0.15) is 26.2 Å². The van der Waals surface area contributed by atoms with Crippen LogP contribution in [0.4, 0.5) is 14.5 Å². The zero-order valence-electron chi connectivity index (χ0n) is 9.88. The van der Waals surface area contributed by atoms with Gasteiger partial charge in [-0.2, -0.15) is 0 Å². The number of hydrogen-bond acceptors (Lipinski definition) is 2. The first-order chi connectivity index (χ1) is 8.20. The van der Waals surface area contributed by atoms with E-state index in [1.165, 1.54) is 18.2 Å². The molecule has 0 bridgehead atoms. The molecule has 1 aromatic rings. The fourth-order valence-corrected chi connectivity index (χ4v) is 2.14. The molecule has 2 unspecified atom stereocenters. The van der Waals surface area contributed by atoms with E-state index < -0.39 is 11.6 Å². The largest absolute Gasteiger partial charge is 0.378 e. The van der Waals surface area contributed by atoms with Gasteiger partial charge in [0.25, 0.3) is 0 Å². The van der Waals surface area contributed by atoms with E-state index in [9.17, 15) is 8.78 Å². The summed E-state index contributed by atoms with van der Waals surface area (Å²) in [5, 5.41) is 2.95. The monoisotopic (exact) mass is 241 g/mol. The Hall–Kier alpha value is -1.16. The van der Waals surface area contributed by atoms with Crippen molar-refractivity contribution < 1.29 is 13.5 Å². The van der Waals surface area contributed by atoms with E-state index in [1.54, 1.807) is 0 Å². The van der Waals surface area contributed by atoms with E-state index in [0.29, 0.717) is 6.61 Å². The molecule has 0 spiro atoms. The summed E-state index contributed by atoms with van der Waals surface area (Å²) >= 11 is 0. The molecule has 1 saturated heterocycles. The minimum atomic E-state index is -0.537. The third-order valence-corrected chi connectivity index (χ3v) is 3.13. The van der Waals surface area contributed by atoms with Crippen molar-refractivity contribution in [3.8, 4) is 0 Å². The van der Waals surface area contributed by atoms with E-state index in [2.05, 4.69) is 12.2 Å². The van der Waals surface area contributed by atoms with E-state index >= 15 is 0 Å². The summed E-state index contributed by atoms with van der Waals surface area (Å²) in [7, 11) is 0. The van der Waals surface area contributed by atoms with Gasteiger partial charge >= 0.3 is 0 Å². The van der Waals surface area contributed by atoms with Gasteiger partial charge in [0.05, 0.1) is 6.10 Å². The summed E-state index contributed by atoms with van der Waals surface area (Å²) < 4.78 is 32.4. The highest BCUT2D eigenvalue weighted by Gasteiger charge is 2.22. The number of nitrogens with one attached hydrogen (secondary N) is 1. The van der Waals surface area contributed by atoms with Crippen LogP contribution < -0.4 is 5.32 Å². The normalized spacial score (nSPS) is 24.6. The molecule has 1 heterocycles. The van der Waals surface area contributed by atoms with Crippen molar-refractivity contribution in [3.05, 3.63) is 29.8 Å². The molecule has 0 aromatic heterocycles. The maximum absolute atomic E-state index is 13.5. The van der Waals surface area contributed by atoms with Gasteiger partial charge in [-0.25, -0.2) is 8.78 Å². The molecule has 2 rings (SSSR count). The molecule has 4 heteroatoms. The summed E-state index contributed by atoms with van der Waals surface area (Å²) in [5.41, 5.74) is -0.0192. The SMILES string of the molecule is CCC1CC(Nc2c(F)cccc2F)CCO1. The van der Waals surface area contributed by atoms with Gasteiger partial charge in [-0.05, 0) is 31.4 Å². The molecular formula is C13H17F2NO. The summed E-state index contributed by atoms with van der Waals surface area (Å²) in [6, 6.07) is 3.98. The van der Waals surface area contributed by atoms with Gasteiger partial charge in [0.1, 0.15) is 17.3 Å². The predicted octanol–water partition coefficient (Wildman–Crippen LogP) is 3.33. The van der Waals surface area contributed by atoms with Crippen LogP contribution in [-0.4, -0.2) is 18.8 Å². The lowest BCUT2D eigenvalue weighted by Gasteiger charge is -2.30. The molecule has 0 saturated carbocycles. The van der Waals surface area contributed by atoms with Crippen molar-refractivity contribution in [1.29, 1.82) is 0 Å². The van der Waals surface area contributed by atoms with Gasteiger partial charge in [0.2, 0.25) is 0 Å². The van der Waals surface area contributed by atoms with E-state index in [0.717, 1.165) is 19.3 Å². The zero-order chi connectivity index (χ0) is 12.3. The standard InChI is InChI=1S/C13H17F2NO/c1-2-10-8-9(6-7-17-10)16-13-11(14)4-3-5-12(13)15/h3-5,9-10,16H,2,6-8H2,1H3. The molecule has 17 heavy (non-hydrogen) atoms. The van der Waals surface area contributed by atoms with Crippen molar-refractivity contribution in [1.82, 2.24) is 0 Å². The zero-order valence-corrected chi connectivity index (χ0v) is 9.88. The second-order valence-corrected chi connectivity index (χ2v) is 4.36. The molecule has 2 nitrogen and oxygen atoms in total. The molecular weight excluding hydrogens is 224 g/mol. The van der Waals surface area contributed by atoms with Crippen molar-refractivity contribution in [3.63, 3.8) is 0 Å². The molecule has 0 radical (unpaired) electrons. The quantitative estimate of drug-likeness (QED) is 0.876. The van der Waals surface area contributed by atoms with Crippen LogP contribution in [-0.2, 0) is 4.74 Å². The number of anilines is 1. The average molecular weight is 241 g/mol. The number of ether oxygens (including phenoxy) is 1. The van der Waals surface area contributed by atoms with E-state index in [-0.39, 0.29) is 17.8 Å². The highest BCUT2D eigenvalue weighted by Crippen LogP contribution is 2.24. The minimum Gasteiger partial charge on any atom is -0.378 e. The fourth-order valence-electron chi connectivity index (χ4n) is 2.14. The van der Waals surface area contributed by atoms with Crippen LogP contribution in [0.25, 0.3) is 0 Å². The fraction of sp³-hybridized carbons (Fsp3) is 0.538. The van der Waals surface area contributed by atoms with Crippen molar-refractivity contribution in [2.75, 3.05) is 11.9 Å². The molecule has 94 valence electrons. The number of halogens is 2. The summed E-state index contributed by atoms with van der Waals surface area (Å²) in [4.78, 5) is 0. The molecule has 2 atom stereocenters. The Kier molecular flexibility index (Phi) is 3.94. The topological polar surface area (TPSA) is 21.3 Å². The molecule has 1 aliphatic rings. The van der Waals surface area contributed by atoms with Gasteiger partial charge in [-0.1, -0.05) is 13.0 Å². The van der Waals surface area contributed by atoms with Crippen LogP contribution >= 0.6 is 0 Å². The molecule has 1 aromatic carbocycles. The molecule has 1 fully saturated rings. The van der Waals surface area contributed by atoms with Crippen molar-refractivity contribution in [2.24, 2.45) is 0 Å². The highest BCUT2D eigenvalue weighted by atomic mass is 19.1. The number of para-hydroxylation sites is 1. The molecule has 1 N–H and O–H groups in total. The summed E-state index contributed by atoms with van der Waals surface area (Å²) in [5.74, 6) is -1.07. The van der Waals surface area contributed by atoms with Gasteiger partial charge in [0, 0.05) is 12.6 Å². The Morgan fingerprint density at radius 1 is 1.35 bits per heavy atom. The van der Waals surface area contributed by atoms with Crippen LogP contribution in [0.2, 0.25) is 0 Å². The Morgan fingerprint density at radius 2 is 2.06 bits per heavy atom. The van der Waals surface area contributed by atoms with Crippen LogP contribution in [0.5, 0.6) is 0 Å². The number of rotatable bonds is 3. The van der Waals surface area contributed by atoms with Crippen LogP contribution in [0, 0.1) is 11.6 Å². The predicted molar refractivity (Wildman–Crippen MR) is 63.0 cm³/mol. The first-order valence-electron chi connectivity index (χ1n) is 6.03. The maximum Gasteiger partial charge on any atom is 0.149 e. The Morgan fingerprint density at radius 3 is 2.71 bits per heavy atom. The molecule has 0 amide bonds. The van der Waals surface area contributed by atoms with Gasteiger partial charge in [-0.3, -0.25) is 0 Å². The summed E-state index contributed by atoms with van der Waals surface area (Å²) in [6.07, 6.45) is 2.70. The second-order valence-electron chi connectivity index (χ2n) is 4.36. The van der Waals surface area contributed by atoms with Crippen LogP contribution in [0.15, 0.2) is 18.2 Å². The highest BCUT2D eigenvalue weighted by molar-refractivity contribution is 5.46. The minimum absolute atomic E-state index is 0.0192. The third-order valence-electron chi connectivity index (χ3n) is 3.13. The summed E-state index contributed by atoms with van der Waals surface area (Å²) in [6.45, 7) is 2.70. The van der Waals surface area contributed by atoms with Crippen LogP contribution in [0.3, 0.4) is 0 Å². The maximum atomic E-state index is 13.5. The van der Waals surface area contributed by atoms with Crippen molar-refractivity contribution >= 4 is 5.69 Å². The Labute approximate surface area is 100.0 Å². The molecule has 1 aliphatic heterocycles. The van der Waals surface area contributed by atoms with Crippen molar-refractivity contribution in [2.45, 2.75) is 38.3 Å². The van der Waals surface area contributed by atoms with Gasteiger partial charge in [-0.15, -0.1) is 0 Å². The smallest absolute Gasteiger partial charge is 0.149 e. The number of hydrogen-bond donors (Lipinski definition) is 1. The van der Waals surface area contributed by atoms with Gasteiger partial charge in [0.15, 0.2) is 0 Å². The second kappa shape index (κ2) is 5.45. The lowest BCUT2D eigenvalue weighted by molar-refractivity contribution is 0.00916. The van der Waals surface area contributed by atoms with Gasteiger partial charge < -0.3 is 10.1 Å². The first-order valence-corrected chi connectivity index (χ1v) is 6.03. The average Bonchev–Trinajstić information content (AvgIpc) is 2.34. The Balaban J connectivity index is 2.05. The van der Waals surface area contributed by atoms with E-state index in [4.69, 9.17) is 4.74 Å². The molecule has 0 aliphatic carbocycles. The van der Waals surface area contributed by atoms with E-state index in [1.807, 2.05) is 0 Å². The third kappa shape index (κ3) is 2.94. The lowest BCUT2D eigenvalue weighted by Crippen LogP contribution is -2.34. The first kappa shape index (κ1) is 12.3. The lowest BCUT2D eigenvalue weighted by atomic mass is 10.0. The Bertz CT molecular complexity index is 363. The number of benzene rings is 1.